The molecule has 0 spiro atoms. The lowest BCUT2D eigenvalue weighted by atomic mass is 10.3. The predicted molar refractivity (Wildman–Crippen MR) is 85.7 cm³/mol. The van der Waals surface area contributed by atoms with Gasteiger partial charge in [0.1, 0.15) is 17.9 Å². The van der Waals surface area contributed by atoms with Crippen LogP contribution in [0.2, 0.25) is 0 Å². The lowest BCUT2D eigenvalue weighted by Crippen LogP contribution is -2.47. The highest BCUT2D eigenvalue weighted by Crippen LogP contribution is 2.17. The third-order valence-corrected chi connectivity index (χ3v) is 4.04. The number of rotatable bonds is 4. The Hall–Kier alpha value is -1.95. The molecule has 0 atom stereocenters. The Labute approximate surface area is 130 Å². The molecule has 1 N–H and O–H groups in total. The minimum atomic E-state index is 0.153. The van der Waals surface area contributed by atoms with Crippen molar-refractivity contribution in [2.45, 2.75) is 33.2 Å². The highest BCUT2D eigenvalue weighted by molar-refractivity contribution is 5.79. The summed E-state index contributed by atoms with van der Waals surface area (Å²) in [7, 11) is 0. The monoisotopic (exact) mass is 301 g/mol. The number of aryl methyl sites for hydroxylation is 2. The molecule has 1 fully saturated rings. The Bertz CT molecular complexity index is 672. The van der Waals surface area contributed by atoms with Crippen LogP contribution in [0.4, 0.5) is 0 Å². The van der Waals surface area contributed by atoms with Crippen LogP contribution in [0.1, 0.15) is 24.7 Å². The molecule has 1 saturated heterocycles. The van der Waals surface area contributed by atoms with Crippen molar-refractivity contribution >= 4 is 17.1 Å². The molecular weight excluding hydrogens is 278 g/mol. The van der Waals surface area contributed by atoms with Crippen molar-refractivity contribution in [1.82, 2.24) is 24.8 Å². The van der Waals surface area contributed by atoms with Gasteiger partial charge in [-0.25, -0.2) is 9.97 Å². The fourth-order valence-corrected chi connectivity index (χ4v) is 2.89. The molecule has 0 bridgehead atoms. The van der Waals surface area contributed by atoms with Crippen LogP contribution in [0.3, 0.4) is 0 Å². The summed E-state index contributed by atoms with van der Waals surface area (Å²) in [5.41, 5.74) is 2.79. The van der Waals surface area contributed by atoms with Crippen molar-refractivity contribution < 1.29 is 4.79 Å². The second kappa shape index (κ2) is 6.44. The number of carbonyl (C=O) groups excluding carboxylic acids is 1. The Morgan fingerprint density at radius 1 is 1.36 bits per heavy atom. The molecule has 0 unspecified atom stereocenters. The second-order valence-electron chi connectivity index (χ2n) is 5.85. The molecular formula is C16H23N5O. The third kappa shape index (κ3) is 2.97. The van der Waals surface area contributed by atoms with Gasteiger partial charge in [-0.3, -0.25) is 4.79 Å². The first kappa shape index (κ1) is 15.0. The van der Waals surface area contributed by atoms with Gasteiger partial charge in [0, 0.05) is 38.8 Å². The van der Waals surface area contributed by atoms with Crippen molar-refractivity contribution in [2.24, 2.45) is 0 Å². The maximum Gasteiger partial charge on any atom is 0.242 e. The summed E-state index contributed by atoms with van der Waals surface area (Å²) in [6, 6.07) is 2.04. The standard InChI is InChI=1S/C16H23N5O/c1-3-4-14-19-13-9-12(2)10-18-16(13)21(14)11-15(22)20-7-5-17-6-8-20/h9-10,17H,3-8,11H2,1-2H3. The first-order chi connectivity index (χ1) is 10.7. The third-order valence-electron chi connectivity index (χ3n) is 4.04. The van der Waals surface area contributed by atoms with Crippen LogP contribution in [0.25, 0.3) is 11.2 Å². The van der Waals surface area contributed by atoms with Crippen molar-refractivity contribution in [1.29, 1.82) is 0 Å². The summed E-state index contributed by atoms with van der Waals surface area (Å²) in [6.07, 6.45) is 3.71. The Morgan fingerprint density at radius 2 is 2.14 bits per heavy atom. The molecule has 2 aromatic rings. The molecule has 0 radical (unpaired) electrons. The zero-order valence-corrected chi connectivity index (χ0v) is 13.3. The molecule has 0 saturated carbocycles. The normalized spacial score (nSPS) is 15.5. The number of fused-ring (bicyclic) bond motifs is 1. The number of pyridine rings is 1. The van der Waals surface area contributed by atoms with Gasteiger partial charge in [-0.05, 0) is 25.0 Å². The van der Waals surface area contributed by atoms with Crippen LogP contribution in [-0.2, 0) is 17.8 Å². The van der Waals surface area contributed by atoms with Crippen molar-refractivity contribution in [3.63, 3.8) is 0 Å². The molecule has 1 aliphatic rings. The molecule has 1 aliphatic heterocycles. The largest absolute Gasteiger partial charge is 0.339 e. The van der Waals surface area contributed by atoms with Gasteiger partial charge in [0.2, 0.25) is 5.91 Å². The molecule has 3 heterocycles. The Kier molecular flexibility index (Phi) is 4.38. The molecule has 0 aromatic carbocycles. The van der Waals surface area contributed by atoms with E-state index < -0.39 is 0 Å². The molecule has 1 amide bonds. The summed E-state index contributed by atoms with van der Waals surface area (Å²) in [6.45, 7) is 7.77. The van der Waals surface area contributed by atoms with Gasteiger partial charge in [0.05, 0.1) is 0 Å². The number of hydrogen-bond acceptors (Lipinski definition) is 4. The molecule has 118 valence electrons. The smallest absolute Gasteiger partial charge is 0.242 e. The molecule has 3 rings (SSSR count). The zero-order valence-electron chi connectivity index (χ0n) is 13.3. The minimum absolute atomic E-state index is 0.153. The van der Waals surface area contributed by atoms with Crippen LogP contribution in [0.15, 0.2) is 12.3 Å². The highest BCUT2D eigenvalue weighted by Gasteiger charge is 2.20. The number of nitrogens with one attached hydrogen (secondary N) is 1. The molecule has 6 heteroatoms. The number of imidazole rings is 1. The lowest BCUT2D eigenvalue weighted by molar-refractivity contribution is -0.132. The lowest BCUT2D eigenvalue weighted by Gasteiger charge is -2.27. The first-order valence-corrected chi connectivity index (χ1v) is 7.99. The average Bonchev–Trinajstić information content (AvgIpc) is 2.85. The van der Waals surface area contributed by atoms with Crippen LogP contribution in [0, 0.1) is 6.92 Å². The van der Waals surface area contributed by atoms with Crippen molar-refractivity contribution in [3.8, 4) is 0 Å². The van der Waals surface area contributed by atoms with Crippen LogP contribution in [-0.4, -0.2) is 51.5 Å². The van der Waals surface area contributed by atoms with E-state index in [4.69, 9.17) is 0 Å². The number of amides is 1. The molecule has 22 heavy (non-hydrogen) atoms. The van der Waals surface area contributed by atoms with Gasteiger partial charge in [0.15, 0.2) is 5.65 Å². The number of piperazine rings is 1. The topological polar surface area (TPSA) is 63.1 Å². The van der Waals surface area contributed by atoms with Crippen LogP contribution >= 0.6 is 0 Å². The Balaban J connectivity index is 1.90. The molecule has 0 aliphatic carbocycles. The summed E-state index contributed by atoms with van der Waals surface area (Å²) in [4.78, 5) is 23.7. The van der Waals surface area contributed by atoms with Gasteiger partial charge in [0.25, 0.3) is 0 Å². The van der Waals surface area contributed by atoms with E-state index in [1.165, 1.54) is 0 Å². The Morgan fingerprint density at radius 3 is 2.86 bits per heavy atom. The molecule has 6 nitrogen and oxygen atoms in total. The van der Waals surface area contributed by atoms with E-state index in [0.29, 0.717) is 6.54 Å². The molecule has 2 aromatic heterocycles. The van der Waals surface area contributed by atoms with Gasteiger partial charge in [-0.1, -0.05) is 6.92 Å². The fraction of sp³-hybridized carbons (Fsp3) is 0.562. The highest BCUT2D eigenvalue weighted by atomic mass is 16.2. The quantitative estimate of drug-likeness (QED) is 0.919. The average molecular weight is 301 g/mol. The van der Waals surface area contributed by atoms with E-state index >= 15 is 0 Å². The maximum atomic E-state index is 12.6. The maximum absolute atomic E-state index is 12.6. The van der Waals surface area contributed by atoms with E-state index in [1.54, 1.807) is 0 Å². The van der Waals surface area contributed by atoms with Crippen molar-refractivity contribution in [2.75, 3.05) is 26.2 Å². The summed E-state index contributed by atoms with van der Waals surface area (Å²) in [5.74, 6) is 1.11. The first-order valence-electron chi connectivity index (χ1n) is 7.99. The number of carbonyl (C=O) groups is 1. The van der Waals surface area contributed by atoms with E-state index in [9.17, 15) is 4.79 Å². The van der Waals surface area contributed by atoms with E-state index in [1.807, 2.05) is 28.7 Å². The second-order valence-corrected chi connectivity index (χ2v) is 5.85. The fourth-order valence-electron chi connectivity index (χ4n) is 2.89. The SMILES string of the molecule is CCCc1nc2cc(C)cnc2n1CC(=O)N1CCNCC1. The summed E-state index contributed by atoms with van der Waals surface area (Å²) < 4.78 is 1.99. The predicted octanol–water partition coefficient (Wildman–Crippen LogP) is 1.12. The minimum Gasteiger partial charge on any atom is -0.339 e. The number of aromatic nitrogens is 3. The van der Waals surface area contributed by atoms with Gasteiger partial charge >= 0.3 is 0 Å². The van der Waals surface area contributed by atoms with E-state index in [0.717, 1.165) is 61.6 Å². The summed E-state index contributed by atoms with van der Waals surface area (Å²) >= 11 is 0. The zero-order chi connectivity index (χ0) is 15.5. The van der Waals surface area contributed by atoms with E-state index in [2.05, 4.69) is 22.2 Å². The van der Waals surface area contributed by atoms with Crippen LogP contribution < -0.4 is 5.32 Å². The van der Waals surface area contributed by atoms with Gasteiger partial charge in [-0.2, -0.15) is 0 Å². The van der Waals surface area contributed by atoms with Gasteiger partial charge in [-0.15, -0.1) is 0 Å². The van der Waals surface area contributed by atoms with Crippen LogP contribution in [0.5, 0.6) is 0 Å². The number of hydrogen-bond donors (Lipinski definition) is 1. The number of nitrogens with zero attached hydrogens (tertiary/aromatic N) is 4. The van der Waals surface area contributed by atoms with Gasteiger partial charge < -0.3 is 14.8 Å². The van der Waals surface area contributed by atoms with Crippen molar-refractivity contribution in [3.05, 3.63) is 23.7 Å². The summed E-state index contributed by atoms with van der Waals surface area (Å²) in [5, 5.41) is 3.27. The van der Waals surface area contributed by atoms with E-state index in [-0.39, 0.29) is 5.91 Å².